The van der Waals surface area contributed by atoms with E-state index in [9.17, 15) is 26.3 Å². The van der Waals surface area contributed by atoms with Crippen LogP contribution in [0.5, 0.6) is 0 Å². The molecule has 0 spiro atoms. The van der Waals surface area contributed by atoms with Crippen LogP contribution in [0.1, 0.15) is 73.1 Å². The van der Waals surface area contributed by atoms with Gasteiger partial charge in [0.15, 0.2) is 0 Å². The topological polar surface area (TPSA) is 24.4 Å². The van der Waals surface area contributed by atoms with Crippen LogP contribution in [0.4, 0.5) is 26.3 Å². The van der Waals surface area contributed by atoms with Crippen molar-refractivity contribution in [2.24, 2.45) is 39.5 Å². The van der Waals surface area contributed by atoms with Crippen molar-refractivity contribution in [1.29, 1.82) is 0 Å². The van der Waals surface area contributed by atoms with Crippen LogP contribution in [0, 0.1) is 34.5 Å². The molecule has 214 valence electrons. The van der Waals surface area contributed by atoms with Crippen LogP contribution < -0.4 is 5.32 Å². The van der Waals surface area contributed by atoms with Crippen molar-refractivity contribution >= 4 is 5.71 Å². The Morgan fingerprint density at radius 3 is 2.29 bits per heavy atom. The zero-order valence-electron chi connectivity index (χ0n) is 23.1. The molecular formula is C30H42F6N2. The lowest BCUT2D eigenvalue weighted by molar-refractivity contribution is -0.155. The fourth-order valence-corrected chi connectivity index (χ4v) is 7.31. The molecule has 2 aliphatic carbocycles. The third kappa shape index (κ3) is 7.03. The normalized spacial score (nSPS) is 30.9. The molecule has 0 aromatic carbocycles. The number of nitrogens with zero attached hydrogens (tertiary/aromatic N) is 1. The molecule has 2 nitrogen and oxygen atoms in total. The highest BCUT2D eigenvalue weighted by atomic mass is 19.4. The van der Waals surface area contributed by atoms with Gasteiger partial charge in [-0.25, -0.2) is 4.99 Å². The smallest absolute Gasteiger partial charge is 0.301 e. The first kappa shape index (κ1) is 32.0. The van der Waals surface area contributed by atoms with Crippen LogP contribution in [0.2, 0.25) is 0 Å². The second-order valence-corrected chi connectivity index (χ2v) is 11.2. The van der Waals surface area contributed by atoms with Gasteiger partial charge in [0.25, 0.3) is 0 Å². The summed E-state index contributed by atoms with van der Waals surface area (Å²) in [5.41, 5.74) is -1.72. The van der Waals surface area contributed by atoms with Crippen molar-refractivity contribution in [1.82, 2.24) is 5.32 Å². The molecule has 2 rings (SSSR count). The Morgan fingerprint density at radius 1 is 1.11 bits per heavy atom. The largest absolute Gasteiger partial charge is 0.482 e. The van der Waals surface area contributed by atoms with Gasteiger partial charge in [0.2, 0.25) is 0 Å². The second kappa shape index (κ2) is 12.3. The van der Waals surface area contributed by atoms with Gasteiger partial charge in [-0.05, 0) is 74.3 Å². The highest BCUT2D eigenvalue weighted by Gasteiger charge is 2.57. The van der Waals surface area contributed by atoms with E-state index in [4.69, 9.17) is 0 Å². The van der Waals surface area contributed by atoms with Gasteiger partial charge in [-0.3, -0.25) is 0 Å². The summed E-state index contributed by atoms with van der Waals surface area (Å²) in [5, 5.41) is 1.79. The summed E-state index contributed by atoms with van der Waals surface area (Å²) in [6, 6.07) is 0. The number of nitrogens with one attached hydrogen (secondary N) is 1. The van der Waals surface area contributed by atoms with E-state index in [1.165, 1.54) is 24.3 Å². The Balaban J connectivity index is 2.41. The van der Waals surface area contributed by atoms with E-state index in [0.29, 0.717) is 32.1 Å². The Hall–Kier alpha value is -2.25. The molecule has 4 unspecified atom stereocenters. The number of allylic oxidation sites excluding steroid dienone is 8. The number of fused-ring (bicyclic) bond motifs is 1. The van der Waals surface area contributed by atoms with E-state index in [-0.39, 0.29) is 40.5 Å². The standard InChI is InChI=1S/C30H42F6N2/c1-8-11-12-14-26(29(31,32)33)37-21(5)24-16-15-22-20(4)23(17-19-27(22,24)6)28(7,18-10-3)25(13-9-2)38-30(34,35)36/h8-9,11-14,20,22-24,38H,2,5,10,15-19H2,1,3-4,6-7H3/b11-8-,14-12-,25-13+,37-26?/t20?,22?,23?,24?,27-,28+/m0/s1. The molecule has 2 saturated carbocycles. The van der Waals surface area contributed by atoms with Gasteiger partial charge in [0.1, 0.15) is 5.71 Å². The predicted octanol–water partition coefficient (Wildman–Crippen LogP) is 9.70. The van der Waals surface area contributed by atoms with Crippen LogP contribution in [0.15, 0.2) is 66.0 Å². The summed E-state index contributed by atoms with van der Waals surface area (Å²) in [6.45, 7) is 17.4. The fraction of sp³-hybridized carbons (Fsp3) is 0.633. The quantitative estimate of drug-likeness (QED) is 0.126. The first-order valence-electron chi connectivity index (χ1n) is 13.4. The Bertz CT molecular complexity index is 970. The molecule has 0 bridgehead atoms. The average Bonchev–Trinajstić information content (AvgIpc) is 3.15. The maximum Gasteiger partial charge on any atom is 0.482 e. The molecule has 0 amide bonds. The predicted molar refractivity (Wildman–Crippen MR) is 143 cm³/mol. The van der Waals surface area contributed by atoms with E-state index in [0.717, 1.165) is 12.5 Å². The molecule has 2 aliphatic rings. The monoisotopic (exact) mass is 544 g/mol. The first-order valence-corrected chi connectivity index (χ1v) is 13.4. The van der Waals surface area contributed by atoms with E-state index in [2.05, 4.69) is 32.0 Å². The average molecular weight is 545 g/mol. The minimum absolute atomic E-state index is 0.0356. The molecule has 1 N–H and O–H groups in total. The van der Waals surface area contributed by atoms with E-state index >= 15 is 0 Å². The molecule has 0 saturated heterocycles. The van der Waals surface area contributed by atoms with Gasteiger partial charge in [0, 0.05) is 22.7 Å². The Kier molecular flexibility index (Phi) is 10.3. The number of hydrogen-bond acceptors (Lipinski definition) is 2. The van der Waals surface area contributed by atoms with Gasteiger partial charge in [0.05, 0.1) is 0 Å². The molecule has 0 radical (unpaired) electrons. The van der Waals surface area contributed by atoms with Crippen molar-refractivity contribution in [2.45, 2.75) is 85.6 Å². The van der Waals surface area contributed by atoms with Gasteiger partial charge in [-0.2, -0.15) is 26.3 Å². The number of aliphatic imine (C=N–C) groups is 1. The number of rotatable bonds is 10. The van der Waals surface area contributed by atoms with Crippen molar-refractivity contribution < 1.29 is 26.3 Å². The molecule has 0 aromatic heterocycles. The van der Waals surface area contributed by atoms with Crippen LogP contribution in [-0.4, -0.2) is 18.2 Å². The van der Waals surface area contributed by atoms with Crippen LogP contribution in [0.25, 0.3) is 0 Å². The maximum atomic E-state index is 13.7. The lowest BCUT2D eigenvalue weighted by atomic mass is 9.52. The van der Waals surface area contributed by atoms with Gasteiger partial charge >= 0.3 is 12.5 Å². The zero-order valence-corrected chi connectivity index (χ0v) is 23.1. The Labute approximate surface area is 223 Å². The summed E-state index contributed by atoms with van der Waals surface area (Å²) in [5.74, 6) is -0.0611. The summed E-state index contributed by atoms with van der Waals surface area (Å²) in [7, 11) is 0. The maximum absolute atomic E-state index is 13.7. The number of halogens is 6. The minimum Gasteiger partial charge on any atom is -0.301 e. The van der Waals surface area contributed by atoms with Gasteiger partial charge in [-0.1, -0.05) is 71.6 Å². The third-order valence-corrected chi connectivity index (χ3v) is 8.95. The van der Waals surface area contributed by atoms with Crippen LogP contribution in [-0.2, 0) is 0 Å². The lowest BCUT2D eigenvalue weighted by Gasteiger charge is -2.53. The zero-order chi connectivity index (χ0) is 28.9. The fourth-order valence-electron chi connectivity index (χ4n) is 7.31. The van der Waals surface area contributed by atoms with Crippen LogP contribution in [0.3, 0.4) is 0 Å². The highest BCUT2D eigenvalue weighted by Crippen LogP contribution is 2.64. The highest BCUT2D eigenvalue weighted by molar-refractivity contribution is 6.00. The van der Waals surface area contributed by atoms with Crippen LogP contribution >= 0.6 is 0 Å². The number of hydrogen-bond donors (Lipinski definition) is 1. The second-order valence-electron chi connectivity index (χ2n) is 11.2. The molecule has 2 fully saturated rings. The SMILES string of the molecule is C=C/C=C(/NC(F)(F)F)[C@](C)(CCC)C1CC[C@]2(C)C(C(=C)N=C(/C=C\C=C/C)C(F)(F)F)CCC2C1C. The molecule has 8 heteroatoms. The summed E-state index contributed by atoms with van der Waals surface area (Å²) < 4.78 is 81.4. The number of alkyl halides is 6. The van der Waals surface area contributed by atoms with Gasteiger partial charge in [-0.15, -0.1) is 0 Å². The van der Waals surface area contributed by atoms with Crippen molar-refractivity contribution in [2.75, 3.05) is 0 Å². The van der Waals surface area contributed by atoms with E-state index < -0.39 is 23.6 Å². The Morgan fingerprint density at radius 2 is 1.76 bits per heavy atom. The molecular weight excluding hydrogens is 502 g/mol. The third-order valence-electron chi connectivity index (χ3n) is 8.95. The van der Waals surface area contributed by atoms with Crippen molar-refractivity contribution in [3.8, 4) is 0 Å². The van der Waals surface area contributed by atoms with Gasteiger partial charge < -0.3 is 5.32 Å². The minimum atomic E-state index is -4.60. The van der Waals surface area contributed by atoms with Crippen molar-refractivity contribution in [3.63, 3.8) is 0 Å². The molecule has 0 aromatic rings. The molecule has 0 heterocycles. The molecule has 38 heavy (non-hydrogen) atoms. The van der Waals surface area contributed by atoms with E-state index in [1.807, 2.05) is 13.8 Å². The molecule has 0 aliphatic heterocycles. The van der Waals surface area contributed by atoms with Crippen molar-refractivity contribution in [3.05, 3.63) is 61.0 Å². The summed E-state index contributed by atoms with van der Waals surface area (Å²) in [6.07, 6.45) is 3.12. The summed E-state index contributed by atoms with van der Waals surface area (Å²) >= 11 is 0. The lowest BCUT2D eigenvalue weighted by Crippen LogP contribution is -2.49. The molecule has 6 atom stereocenters. The summed E-state index contributed by atoms with van der Waals surface area (Å²) in [4.78, 5) is 3.97. The van der Waals surface area contributed by atoms with E-state index in [1.54, 1.807) is 18.3 Å². The first-order chi connectivity index (χ1) is 17.5.